The first kappa shape index (κ1) is 10.9. The standard InChI is InChI=1S/C11H15N3O2/c12-8-1-7(6-15)2-10(3-8)14-5-9(13)4-11(14)16/h1-3,9,15H,4-6,12-13H2. The summed E-state index contributed by atoms with van der Waals surface area (Å²) in [6.07, 6.45) is 0.364. The predicted octanol–water partition coefficient (Wildman–Crippen LogP) is -0.175. The smallest absolute Gasteiger partial charge is 0.228 e. The fourth-order valence-electron chi connectivity index (χ4n) is 1.93. The normalized spacial score (nSPS) is 20.5. The van der Waals surface area contributed by atoms with Crippen molar-refractivity contribution in [2.75, 3.05) is 17.2 Å². The van der Waals surface area contributed by atoms with E-state index in [9.17, 15) is 4.79 Å². The van der Waals surface area contributed by atoms with Crippen LogP contribution in [-0.2, 0) is 11.4 Å². The van der Waals surface area contributed by atoms with E-state index < -0.39 is 0 Å². The highest BCUT2D eigenvalue weighted by Crippen LogP contribution is 2.24. The lowest BCUT2D eigenvalue weighted by Gasteiger charge is -2.17. The van der Waals surface area contributed by atoms with E-state index in [0.29, 0.717) is 29.9 Å². The zero-order chi connectivity index (χ0) is 11.7. The number of amides is 1. The summed E-state index contributed by atoms with van der Waals surface area (Å²) < 4.78 is 0. The first-order chi connectivity index (χ1) is 7.60. The molecular weight excluding hydrogens is 206 g/mol. The first-order valence-corrected chi connectivity index (χ1v) is 5.16. The average Bonchev–Trinajstić information content (AvgIpc) is 2.57. The second-order valence-electron chi connectivity index (χ2n) is 4.06. The number of aliphatic hydroxyl groups is 1. The highest BCUT2D eigenvalue weighted by molar-refractivity contribution is 5.96. The maximum Gasteiger partial charge on any atom is 0.228 e. The van der Waals surface area contributed by atoms with Gasteiger partial charge in [0.05, 0.1) is 6.61 Å². The number of anilines is 2. The quantitative estimate of drug-likeness (QED) is 0.604. The summed E-state index contributed by atoms with van der Waals surface area (Å²) in [5.74, 6) is 0.00184. The lowest BCUT2D eigenvalue weighted by atomic mass is 10.1. The number of benzene rings is 1. The topological polar surface area (TPSA) is 92.6 Å². The van der Waals surface area contributed by atoms with Crippen LogP contribution in [0.2, 0.25) is 0 Å². The van der Waals surface area contributed by atoms with Crippen molar-refractivity contribution >= 4 is 17.3 Å². The number of hydrogen-bond acceptors (Lipinski definition) is 4. The number of aliphatic hydroxyl groups excluding tert-OH is 1. The largest absolute Gasteiger partial charge is 0.399 e. The molecule has 1 heterocycles. The van der Waals surface area contributed by atoms with Crippen molar-refractivity contribution in [2.45, 2.75) is 19.1 Å². The Bertz CT molecular complexity index is 420. The summed E-state index contributed by atoms with van der Waals surface area (Å²) in [4.78, 5) is 13.2. The summed E-state index contributed by atoms with van der Waals surface area (Å²) >= 11 is 0. The van der Waals surface area contributed by atoms with Crippen molar-refractivity contribution in [1.29, 1.82) is 0 Å². The van der Waals surface area contributed by atoms with Gasteiger partial charge in [0.25, 0.3) is 0 Å². The van der Waals surface area contributed by atoms with Crippen LogP contribution in [-0.4, -0.2) is 23.6 Å². The fourth-order valence-corrected chi connectivity index (χ4v) is 1.93. The third kappa shape index (κ3) is 2.00. The summed E-state index contributed by atoms with van der Waals surface area (Å²) in [7, 11) is 0. The van der Waals surface area contributed by atoms with E-state index in [-0.39, 0.29) is 18.6 Å². The van der Waals surface area contributed by atoms with Crippen molar-refractivity contribution in [2.24, 2.45) is 5.73 Å². The lowest BCUT2D eigenvalue weighted by Crippen LogP contribution is -2.28. The van der Waals surface area contributed by atoms with Crippen LogP contribution in [0, 0.1) is 0 Å². The molecule has 0 saturated carbocycles. The highest BCUT2D eigenvalue weighted by Gasteiger charge is 2.28. The maximum absolute atomic E-state index is 11.6. The molecule has 0 aromatic heterocycles. The van der Waals surface area contributed by atoms with Crippen molar-refractivity contribution in [1.82, 2.24) is 0 Å². The van der Waals surface area contributed by atoms with E-state index >= 15 is 0 Å². The Hall–Kier alpha value is -1.59. The number of nitrogen functional groups attached to an aromatic ring is 1. The third-order valence-corrected chi connectivity index (χ3v) is 2.65. The van der Waals surface area contributed by atoms with Gasteiger partial charge >= 0.3 is 0 Å². The van der Waals surface area contributed by atoms with Gasteiger partial charge in [-0.1, -0.05) is 0 Å². The van der Waals surface area contributed by atoms with E-state index in [1.54, 1.807) is 23.1 Å². The Balaban J connectivity index is 2.33. The molecule has 1 aliphatic heterocycles. The second-order valence-corrected chi connectivity index (χ2v) is 4.06. The highest BCUT2D eigenvalue weighted by atomic mass is 16.3. The number of carbonyl (C=O) groups is 1. The predicted molar refractivity (Wildman–Crippen MR) is 61.7 cm³/mol. The molecule has 16 heavy (non-hydrogen) atoms. The Morgan fingerprint density at radius 1 is 1.44 bits per heavy atom. The molecule has 1 unspecified atom stereocenters. The summed E-state index contributed by atoms with van der Waals surface area (Å²) in [6, 6.07) is 5.04. The van der Waals surface area contributed by atoms with Crippen LogP contribution >= 0.6 is 0 Å². The summed E-state index contributed by atoms with van der Waals surface area (Å²) in [5.41, 5.74) is 13.4. The van der Waals surface area contributed by atoms with Gasteiger partial charge in [-0.25, -0.2) is 0 Å². The molecule has 86 valence electrons. The minimum Gasteiger partial charge on any atom is -0.399 e. The SMILES string of the molecule is Nc1cc(CO)cc(N2CC(N)CC2=O)c1. The third-order valence-electron chi connectivity index (χ3n) is 2.65. The van der Waals surface area contributed by atoms with Crippen LogP contribution in [0.1, 0.15) is 12.0 Å². The molecule has 2 rings (SSSR count). The van der Waals surface area contributed by atoms with Crippen LogP contribution in [0.4, 0.5) is 11.4 Å². The Labute approximate surface area is 93.6 Å². The molecule has 0 radical (unpaired) electrons. The van der Waals surface area contributed by atoms with Crippen LogP contribution in [0.3, 0.4) is 0 Å². The van der Waals surface area contributed by atoms with Gasteiger partial charge in [0.2, 0.25) is 5.91 Å². The molecule has 1 fully saturated rings. The molecule has 1 aromatic carbocycles. The van der Waals surface area contributed by atoms with Gasteiger partial charge in [0, 0.05) is 30.4 Å². The number of nitrogens with zero attached hydrogens (tertiary/aromatic N) is 1. The Morgan fingerprint density at radius 3 is 2.75 bits per heavy atom. The van der Waals surface area contributed by atoms with Crippen molar-refractivity contribution in [3.63, 3.8) is 0 Å². The van der Waals surface area contributed by atoms with Gasteiger partial charge in [0.15, 0.2) is 0 Å². The zero-order valence-electron chi connectivity index (χ0n) is 8.89. The monoisotopic (exact) mass is 221 g/mol. The molecule has 1 amide bonds. The maximum atomic E-state index is 11.6. The molecule has 0 aliphatic carbocycles. The van der Waals surface area contributed by atoms with Gasteiger partial charge < -0.3 is 21.5 Å². The fraction of sp³-hybridized carbons (Fsp3) is 0.364. The van der Waals surface area contributed by atoms with E-state index in [1.807, 2.05) is 0 Å². The molecule has 1 aliphatic rings. The number of rotatable bonds is 2. The molecule has 1 saturated heterocycles. The molecule has 1 aromatic rings. The Kier molecular flexibility index (Phi) is 2.80. The summed E-state index contributed by atoms with van der Waals surface area (Å²) in [5, 5.41) is 9.06. The van der Waals surface area contributed by atoms with Crippen molar-refractivity contribution in [3.05, 3.63) is 23.8 Å². The van der Waals surface area contributed by atoms with E-state index in [0.717, 1.165) is 0 Å². The average molecular weight is 221 g/mol. The van der Waals surface area contributed by atoms with Gasteiger partial charge in [-0.15, -0.1) is 0 Å². The van der Waals surface area contributed by atoms with Gasteiger partial charge in [-0.05, 0) is 23.8 Å². The molecule has 5 nitrogen and oxygen atoms in total. The van der Waals surface area contributed by atoms with E-state index in [2.05, 4.69) is 0 Å². The van der Waals surface area contributed by atoms with Crippen molar-refractivity contribution in [3.8, 4) is 0 Å². The van der Waals surface area contributed by atoms with Crippen molar-refractivity contribution < 1.29 is 9.90 Å². The number of nitrogens with two attached hydrogens (primary N) is 2. The first-order valence-electron chi connectivity index (χ1n) is 5.16. The molecule has 0 bridgehead atoms. The molecular formula is C11H15N3O2. The lowest BCUT2D eigenvalue weighted by molar-refractivity contribution is -0.117. The van der Waals surface area contributed by atoms with E-state index in [1.165, 1.54) is 0 Å². The second kappa shape index (κ2) is 4.11. The van der Waals surface area contributed by atoms with E-state index in [4.69, 9.17) is 16.6 Å². The minimum atomic E-state index is -0.119. The van der Waals surface area contributed by atoms with Gasteiger partial charge in [-0.2, -0.15) is 0 Å². The van der Waals surface area contributed by atoms with Gasteiger partial charge in [0.1, 0.15) is 0 Å². The molecule has 1 atom stereocenters. The summed E-state index contributed by atoms with van der Waals surface area (Å²) in [6.45, 7) is 0.416. The van der Waals surface area contributed by atoms with Crippen LogP contribution < -0.4 is 16.4 Å². The molecule has 5 heteroatoms. The van der Waals surface area contributed by atoms with Gasteiger partial charge in [-0.3, -0.25) is 4.79 Å². The minimum absolute atomic E-state index is 0.00184. The number of hydrogen-bond donors (Lipinski definition) is 3. The zero-order valence-corrected chi connectivity index (χ0v) is 8.89. The molecule has 5 N–H and O–H groups in total. The number of carbonyl (C=O) groups excluding carboxylic acids is 1. The Morgan fingerprint density at radius 2 is 2.19 bits per heavy atom. The van der Waals surface area contributed by atoms with Crippen LogP contribution in [0.5, 0.6) is 0 Å². The molecule has 0 spiro atoms. The van der Waals surface area contributed by atoms with Crippen LogP contribution in [0.25, 0.3) is 0 Å². The van der Waals surface area contributed by atoms with Crippen LogP contribution in [0.15, 0.2) is 18.2 Å².